The van der Waals surface area contributed by atoms with Crippen molar-refractivity contribution in [2.45, 2.75) is 13.0 Å². The van der Waals surface area contributed by atoms with Crippen LogP contribution in [0.2, 0.25) is 0 Å². The number of aromatic amines is 1. The van der Waals surface area contributed by atoms with E-state index in [0.29, 0.717) is 17.9 Å². The largest absolute Gasteiger partial charge is 0.352 e. The maximum atomic E-state index is 12.3. The molecular formula is C20H17N5O2. The van der Waals surface area contributed by atoms with Crippen LogP contribution in [-0.4, -0.2) is 25.7 Å². The van der Waals surface area contributed by atoms with Gasteiger partial charge < -0.3 is 10.3 Å². The van der Waals surface area contributed by atoms with Gasteiger partial charge in [-0.3, -0.25) is 9.59 Å². The number of hydrogen-bond acceptors (Lipinski definition) is 4. The van der Waals surface area contributed by atoms with Crippen LogP contribution in [0, 0.1) is 0 Å². The molecule has 27 heavy (non-hydrogen) atoms. The number of carbonyl (C=O) groups excluding carboxylic acids is 1. The zero-order chi connectivity index (χ0) is 18.6. The molecule has 3 heterocycles. The Morgan fingerprint density at radius 3 is 2.85 bits per heavy atom. The molecule has 0 spiro atoms. The zero-order valence-electron chi connectivity index (χ0n) is 14.4. The Balaban J connectivity index is 1.44. The van der Waals surface area contributed by atoms with Crippen LogP contribution in [0.25, 0.3) is 16.7 Å². The number of hydrogen-bond donors (Lipinski definition) is 2. The molecule has 0 fully saturated rings. The molecule has 0 radical (unpaired) electrons. The highest BCUT2D eigenvalue weighted by molar-refractivity contribution is 5.82. The lowest BCUT2D eigenvalue weighted by atomic mass is 10.1. The number of rotatable bonds is 5. The van der Waals surface area contributed by atoms with Gasteiger partial charge in [-0.05, 0) is 41.3 Å². The predicted molar refractivity (Wildman–Crippen MR) is 101 cm³/mol. The second kappa shape index (κ2) is 7.25. The topological polar surface area (TPSA) is 92.7 Å². The average molecular weight is 359 g/mol. The number of nitrogens with zero attached hydrogens (tertiary/aromatic N) is 3. The lowest BCUT2D eigenvalue weighted by Crippen LogP contribution is -2.27. The van der Waals surface area contributed by atoms with Crippen LogP contribution < -0.4 is 10.9 Å². The molecule has 4 aromatic rings. The van der Waals surface area contributed by atoms with Gasteiger partial charge in [0.2, 0.25) is 5.91 Å². The van der Waals surface area contributed by atoms with E-state index in [4.69, 9.17) is 0 Å². The van der Waals surface area contributed by atoms with Gasteiger partial charge in [0, 0.05) is 36.2 Å². The molecule has 1 amide bonds. The van der Waals surface area contributed by atoms with E-state index < -0.39 is 0 Å². The van der Waals surface area contributed by atoms with E-state index in [0.717, 1.165) is 16.5 Å². The van der Waals surface area contributed by atoms with E-state index >= 15 is 0 Å². The van der Waals surface area contributed by atoms with Crippen molar-refractivity contribution in [3.05, 3.63) is 88.6 Å². The van der Waals surface area contributed by atoms with Crippen LogP contribution in [0.4, 0.5) is 0 Å². The second-order valence-electron chi connectivity index (χ2n) is 6.14. The molecule has 0 bridgehead atoms. The first-order valence-corrected chi connectivity index (χ1v) is 8.51. The number of nitrogens with one attached hydrogen (secondary N) is 2. The first-order valence-electron chi connectivity index (χ1n) is 8.51. The smallest absolute Gasteiger partial charge is 0.252 e. The van der Waals surface area contributed by atoms with Crippen LogP contribution in [0.3, 0.4) is 0 Å². The van der Waals surface area contributed by atoms with Gasteiger partial charge >= 0.3 is 0 Å². The predicted octanol–water partition coefficient (Wildman–Crippen LogP) is 1.97. The fourth-order valence-electron chi connectivity index (χ4n) is 2.86. The summed E-state index contributed by atoms with van der Waals surface area (Å²) in [6.45, 7) is 0.348. The van der Waals surface area contributed by atoms with Gasteiger partial charge in [-0.15, -0.1) is 0 Å². The Hall–Kier alpha value is -3.74. The zero-order valence-corrected chi connectivity index (χ0v) is 14.4. The van der Waals surface area contributed by atoms with E-state index in [1.807, 2.05) is 42.5 Å². The monoisotopic (exact) mass is 359 g/mol. The quantitative estimate of drug-likeness (QED) is 0.570. The van der Waals surface area contributed by atoms with Crippen molar-refractivity contribution in [3.8, 4) is 5.82 Å². The number of aromatic nitrogens is 4. The number of benzene rings is 1. The number of fused-ring (bicyclic) bond motifs is 1. The summed E-state index contributed by atoms with van der Waals surface area (Å²) >= 11 is 0. The van der Waals surface area contributed by atoms with Gasteiger partial charge in [-0.25, -0.2) is 9.67 Å². The van der Waals surface area contributed by atoms with E-state index in [1.54, 1.807) is 29.3 Å². The van der Waals surface area contributed by atoms with Gasteiger partial charge in [-0.2, -0.15) is 5.10 Å². The standard InChI is InChI=1S/C20H17N5O2/c26-19(12-16-11-15-4-1-2-5-17(15)24-20(16)27)22-13-14-6-8-21-18(10-14)25-9-3-7-23-25/h1-11H,12-13H2,(H,22,26)(H,24,27). The summed E-state index contributed by atoms with van der Waals surface area (Å²) < 4.78 is 1.65. The van der Waals surface area contributed by atoms with Crippen molar-refractivity contribution in [1.82, 2.24) is 25.1 Å². The molecule has 0 unspecified atom stereocenters. The first-order chi connectivity index (χ1) is 13.2. The molecule has 4 rings (SSSR count). The minimum absolute atomic E-state index is 0.0251. The van der Waals surface area contributed by atoms with E-state index in [9.17, 15) is 9.59 Å². The molecule has 0 aliphatic heterocycles. The normalized spacial score (nSPS) is 10.8. The fraction of sp³-hybridized carbons (Fsp3) is 0.100. The van der Waals surface area contributed by atoms with E-state index in [1.165, 1.54) is 0 Å². The van der Waals surface area contributed by atoms with Gasteiger partial charge in [0.05, 0.1) is 6.42 Å². The van der Waals surface area contributed by atoms with Gasteiger partial charge in [0.25, 0.3) is 5.56 Å². The third-order valence-electron chi connectivity index (χ3n) is 4.22. The minimum Gasteiger partial charge on any atom is -0.352 e. The minimum atomic E-state index is -0.242. The second-order valence-corrected chi connectivity index (χ2v) is 6.14. The molecule has 7 nitrogen and oxygen atoms in total. The maximum Gasteiger partial charge on any atom is 0.252 e. The number of H-pyrrole nitrogens is 1. The van der Waals surface area contributed by atoms with Crippen molar-refractivity contribution in [2.24, 2.45) is 0 Å². The number of pyridine rings is 2. The Morgan fingerprint density at radius 2 is 2.00 bits per heavy atom. The molecule has 1 aromatic carbocycles. The Bertz CT molecular complexity index is 1150. The molecular weight excluding hydrogens is 342 g/mol. The average Bonchev–Trinajstić information content (AvgIpc) is 3.22. The lowest BCUT2D eigenvalue weighted by Gasteiger charge is -2.07. The van der Waals surface area contributed by atoms with Crippen molar-refractivity contribution in [3.63, 3.8) is 0 Å². The summed E-state index contributed by atoms with van der Waals surface area (Å²) in [4.78, 5) is 31.5. The molecule has 0 atom stereocenters. The van der Waals surface area contributed by atoms with Crippen LogP contribution >= 0.6 is 0 Å². The molecule has 0 aliphatic carbocycles. The van der Waals surface area contributed by atoms with Crippen LogP contribution in [0.1, 0.15) is 11.1 Å². The van der Waals surface area contributed by atoms with Gasteiger partial charge in [-0.1, -0.05) is 18.2 Å². The van der Waals surface area contributed by atoms with Crippen LogP contribution in [0.15, 0.2) is 71.9 Å². The third-order valence-corrected chi connectivity index (χ3v) is 4.22. The summed E-state index contributed by atoms with van der Waals surface area (Å²) in [5.74, 6) is 0.464. The summed E-state index contributed by atoms with van der Waals surface area (Å²) in [7, 11) is 0. The molecule has 0 aliphatic rings. The maximum absolute atomic E-state index is 12.3. The van der Waals surface area contributed by atoms with Crippen LogP contribution in [0.5, 0.6) is 0 Å². The molecule has 0 saturated carbocycles. The molecule has 0 saturated heterocycles. The number of carbonyl (C=O) groups is 1. The van der Waals surface area contributed by atoms with Crippen molar-refractivity contribution < 1.29 is 4.79 Å². The highest BCUT2D eigenvalue weighted by Gasteiger charge is 2.09. The summed E-state index contributed by atoms with van der Waals surface area (Å²) in [6, 6.07) is 14.8. The van der Waals surface area contributed by atoms with Crippen LogP contribution in [-0.2, 0) is 17.8 Å². The summed E-state index contributed by atoms with van der Waals surface area (Å²) in [5.41, 5.74) is 1.86. The van der Waals surface area contributed by atoms with E-state index in [2.05, 4.69) is 20.4 Å². The van der Waals surface area contributed by atoms with Crippen molar-refractivity contribution in [1.29, 1.82) is 0 Å². The molecule has 7 heteroatoms. The first kappa shape index (κ1) is 16.7. The SMILES string of the molecule is O=C(Cc1cc2ccccc2[nH]c1=O)NCc1ccnc(-n2cccn2)c1. The highest BCUT2D eigenvalue weighted by atomic mass is 16.2. The number of amides is 1. The fourth-order valence-corrected chi connectivity index (χ4v) is 2.86. The third kappa shape index (κ3) is 3.77. The summed E-state index contributed by atoms with van der Waals surface area (Å²) in [5, 5.41) is 7.89. The lowest BCUT2D eigenvalue weighted by molar-refractivity contribution is -0.120. The summed E-state index contributed by atoms with van der Waals surface area (Å²) in [6.07, 6.45) is 5.18. The Morgan fingerprint density at radius 1 is 1.11 bits per heavy atom. The van der Waals surface area contributed by atoms with E-state index in [-0.39, 0.29) is 17.9 Å². The molecule has 134 valence electrons. The van der Waals surface area contributed by atoms with Crippen molar-refractivity contribution >= 4 is 16.8 Å². The Kier molecular flexibility index (Phi) is 4.49. The Labute approximate surface area is 154 Å². The van der Waals surface area contributed by atoms with Gasteiger partial charge in [0.1, 0.15) is 0 Å². The molecule has 3 aromatic heterocycles. The molecule has 2 N–H and O–H groups in total. The highest BCUT2D eigenvalue weighted by Crippen LogP contribution is 2.10. The van der Waals surface area contributed by atoms with Gasteiger partial charge in [0.15, 0.2) is 5.82 Å². The van der Waals surface area contributed by atoms with Crippen molar-refractivity contribution in [2.75, 3.05) is 0 Å². The number of para-hydroxylation sites is 1.